The van der Waals surface area contributed by atoms with Crippen LogP contribution in [0.15, 0.2) is 29.2 Å². The Kier molecular flexibility index (Phi) is 5.67. The van der Waals surface area contributed by atoms with Crippen molar-refractivity contribution in [2.75, 3.05) is 12.4 Å². The van der Waals surface area contributed by atoms with Crippen molar-refractivity contribution in [3.05, 3.63) is 29.3 Å². The molecule has 1 atom stereocenters. The third kappa shape index (κ3) is 4.07. The molecule has 1 aromatic carbocycles. The number of aliphatic hydroxyl groups excluding tert-OH is 1. The van der Waals surface area contributed by atoms with Gasteiger partial charge >= 0.3 is 0 Å². The first-order chi connectivity index (χ1) is 6.76. The summed E-state index contributed by atoms with van der Waals surface area (Å²) in [6.07, 6.45) is 0. The molecule has 2 N–H and O–H groups in total. The van der Waals surface area contributed by atoms with Crippen LogP contribution in [0.1, 0.15) is 0 Å². The molecule has 1 aromatic rings. The average molecular weight is 252 g/mol. The molecule has 0 saturated carbocycles. The van der Waals surface area contributed by atoms with E-state index in [0.29, 0.717) is 0 Å². The van der Waals surface area contributed by atoms with E-state index in [2.05, 4.69) is 4.84 Å². The molecular weight excluding hydrogens is 241 g/mol. The lowest BCUT2D eigenvalue weighted by Gasteiger charge is -2.10. The van der Waals surface area contributed by atoms with Crippen LogP contribution in [0.3, 0.4) is 0 Å². The van der Waals surface area contributed by atoms with Crippen molar-refractivity contribution in [1.82, 2.24) is 4.84 Å². The van der Waals surface area contributed by atoms with Crippen molar-refractivity contribution >= 4 is 35.1 Å². The summed E-state index contributed by atoms with van der Waals surface area (Å²) in [6, 6.07) is 7.47. The molecule has 14 heavy (non-hydrogen) atoms. The Labute approximate surface area is 97.7 Å². The van der Waals surface area contributed by atoms with Crippen LogP contribution in [0.4, 0.5) is 0 Å². The minimum atomic E-state index is -0.0858. The molecule has 0 aliphatic rings. The van der Waals surface area contributed by atoms with Crippen LogP contribution in [-0.2, 0) is 0 Å². The van der Waals surface area contributed by atoms with E-state index in [1.165, 1.54) is 0 Å². The number of aliphatic hydroxyl groups is 1. The highest BCUT2D eigenvalue weighted by Crippen LogP contribution is 2.20. The maximum absolute atomic E-state index is 8.87. The molecule has 1 rings (SSSR count). The van der Waals surface area contributed by atoms with Crippen LogP contribution in [0.2, 0.25) is 5.02 Å². The summed E-state index contributed by atoms with van der Waals surface area (Å²) in [5, 5.41) is 9.59. The summed E-state index contributed by atoms with van der Waals surface area (Å²) >= 11 is 12.8. The highest BCUT2D eigenvalue weighted by molar-refractivity contribution is 7.99. The van der Waals surface area contributed by atoms with E-state index in [1.807, 2.05) is 24.3 Å². The molecule has 2 nitrogen and oxygen atoms in total. The maximum atomic E-state index is 8.87. The summed E-state index contributed by atoms with van der Waals surface area (Å²) in [6.45, 7) is 0.0318. The van der Waals surface area contributed by atoms with Gasteiger partial charge < -0.3 is 5.11 Å². The van der Waals surface area contributed by atoms with E-state index in [1.54, 1.807) is 11.8 Å². The van der Waals surface area contributed by atoms with Gasteiger partial charge in [0.05, 0.1) is 12.6 Å². The molecule has 0 aliphatic carbocycles. The van der Waals surface area contributed by atoms with Crippen molar-refractivity contribution in [2.24, 2.45) is 0 Å². The quantitative estimate of drug-likeness (QED) is 0.624. The molecule has 0 heterocycles. The fourth-order valence-electron chi connectivity index (χ4n) is 0.846. The van der Waals surface area contributed by atoms with E-state index >= 15 is 0 Å². The fourth-order valence-corrected chi connectivity index (χ4v) is 2.12. The number of thioether (sulfide) groups is 1. The maximum Gasteiger partial charge on any atom is 0.0605 e. The SMILES string of the molecule is OC[C@H](CSc1ccc(Cl)cc1)NCl. The molecule has 0 radical (unpaired) electrons. The zero-order valence-corrected chi connectivity index (χ0v) is 9.74. The van der Waals surface area contributed by atoms with Gasteiger partial charge in [0.15, 0.2) is 0 Å². The minimum absolute atomic E-state index is 0.0318. The summed E-state index contributed by atoms with van der Waals surface area (Å²) in [5.41, 5.74) is 0. The highest BCUT2D eigenvalue weighted by atomic mass is 35.5. The first-order valence-corrected chi connectivity index (χ1v) is 5.86. The van der Waals surface area contributed by atoms with E-state index in [4.69, 9.17) is 28.5 Å². The van der Waals surface area contributed by atoms with Crippen molar-refractivity contribution < 1.29 is 5.11 Å². The Morgan fingerprint density at radius 1 is 1.36 bits per heavy atom. The van der Waals surface area contributed by atoms with Gasteiger partial charge in [-0.1, -0.05) is 11.6 Å². The third-order valence-corrected chi connectivity index (χ3v) is 3.37. The Morgan fingerprint density at radius 2 is 2.00 bits per heavy atom. The number of hydrogen-bond acceptors (Lipinski definition) is 3. The molecule has 0 aliphatic heterocycles. The van der Waals surface area contributed by atoms with Gasteiger partial charge in [0.25, 0.3) is 0 Å². The van der Waals surface area contributed by atoms with Crippen molar-refractivity contribution in [2.45, 2.75) is 10.9 Å². The Bertz CT molecular complexity index is 264. The van der Waals surface area contributed by atoms with Crippen LogP contribution in [0.5, 0.6) is 0 Å². The molecule has 0 aromatic heterocycles. The van der Waals surface area contributed by atoms with E-state index in [0.717, 1.165) is 15.7 Å². The van der Waals surface area contributed by atoms with Crippen molar-refractivity contribution in [3.8, 4) is 0 Å². The van der Waals surface area contributed by atoms with Crippen LogP contribution < -0.4 is 4.84 Å². The summed E-state index contributed by atoms with van der Waals surface area (Å²) in [7, 11) is 0. The van der Waals surface area contributed by atoms with Gasteiger partial charge in [-0.2, -0.15) is 0 Å². The Hall–Kier alpha value is 0.0700. The van der Waals surface area contributed by atoms with Crippen molar-refractivity contribution in [1.29, 1.82) is 0 Å². The van der Waals surface area contributed by atoms with Gasteiger partial charge in [0.2, 0.25) is 0 Å². The second kappa shape index (κ2) is 6.53. The van der Waals surface area contributed by atoms with E-state index in [9.17, 15) is 0 Å². The second-order valence-corrected chi connectivity index (χ2v) is 4.50. The summed E-state index contributed by atoms with van der Waals surface area (Å²) in [4.78, 5) is 3.62. The van der Waals surface area contributed by atoms with Crippen LogP contribution in [-0.4, -0.2) is 23.5 Å². The molecule has 0 unspecified atom stereocenters. The van der Waals surface area contributed by atoms with Gasteiger partial charge in [0, 0.05) is 15.7 Å². The zero-order valence-electron chi connectivity index (χ0n) is 7.41. The van der Waals surface area contributed by atoms with Crippen LogP contribution in [0, 0.1) is 0 Å². The van der Waals surface area contributed by atoms with Gasteiger partial charge in [-0.05, 0) is 36.0 Å². The lowest BCUT2D eigenvalue weighted by Crippen LogP contribution is -2.27. The molecule has 0 spiro atoms. The number of halogens is 2. The van der Waals surface area contributed by atoms with Gasteiger partial charge in [-0.3, -0.25) is 0 Å². The minimum Gasteiger partial charge on any atom is -0.395 e. The number of rotatable bonds is 5. The standard InChI is InChI=1S/C9H11Cl2NOS/c10-7-1-3-9(4-2-7)14-6-8(5-13)12-11/h1-4,8,12-13H,5-6H2/t8-/m1/s1. The Morgan fingerprint density at radius 3 is 2.50 bits per heavy atom. The molecule has 0 bridgehead atoms. The Balaban J connectivity index is 2.41. The van der Waals surface area contributed by atoms with Crippen LogP contribution >= 0.6 is 35.1 Å². The third-order valence-electron chi connectivity index (χ3n) is 1.64. The number of benzene rings is 1. The highest BCUT2D eigenvalue weighted by Gasteiger charge is 2.05. The predicted molar refractivity (Wildman–Crippen MR) is 62.0 cm³/mol. The summed E-state index contributed by atoms with van der Waals surface area (Å²) < 4.78 is 0. The predicted octanol–water partition coefficient (Wildman–Crippen LogP) is 2.54. The van der Waals surface area contributed by atoms with E-state index < -0.39 is 0 Å². The molecule has 0 saturated heterocycles. The molecular formula is C9H11Cl2NOS. The lowest BCUT2D eigenvalue weighted by molar-refractivity contribution is 0.268. The summed E-state index contributed by atoms with van der Waals surface area (Å²) in [5.74, 6) is 0.724. The largest absolute Gasteiger partial charge is 0.395 e. The zero-order chi connectivity index (χ0) is 10.4. The van der Waals surface area contributed by atoms with Crippen LogP contribution in [0.25, 0.3) is 0 Å². The van der Waals surface area contributed by atoms with Gasteiger partial charge in [0.1, 0.15) is 0 Å². The smallest absolute Gasteiger partial charge is 0.0605 e. The lowest BCUT2D eigenvalue weighted by atomic mass is 10.4. The van der Waals surface area contributed by atoms with Gasteiger partial charge in [-0.15, -0.1) is 11.8 Å². The van der Waals surface area contributed by atoms with Crippen molar-refractivity contribution in [3.63, 3.8) is 0 Å². The fraction of sp³-hybridized carbons (Fsp3) is 0.333. The molecule has 78 valence electrons. The normalized spacial score (nSPS) is 12.8. The molecule has 5 heteroatoms. The van der Waals surface area contributed by atoms with Gasteiger partial charge in [-0.25, -0.2) is 4.84 Å². The first kappa shape index (κ1) is 12.1. The average Bonchev–Trinajstić information content (AvgIpc) is 2.22. The van der Waals surface area contributed by atoms with E-state index in [-0.39, 0.29) is 12.6 Å². The number of nitrogens with one attached hydrogen (secondary N) is 1. The molecule has 0 fully saturated rings. The number of hydrogen-bond donors (Lipinski definition) is 2. The monoisotopic (exact) mass is 251 g/mol. The second-order valence-electron chi connectivity index (χ2n) is 2.75. The first-order valence-electron chi connectivity index (χ1n) is 4.11. The topological polar surface area (TPSA) is 32.3 Å². The molecule has 0 amide bonds.